The van der Waals surface area contributed by atoms with E-state index < -0.39 is 4.75 Å². The van der Waals surface area contributed by atoms with Gasteiger partial charge >= 0.3 is 0 Å². The lowest BCUT2D eigenvalue weighted by Gasteiger charge is -2.37. The zero-order valence-corrected chi connectivity index (χ0v) is 12.1. The highest BCUT2D eigenvalue weighted by Crippen LogP contribution is 2.45. The molecule has 1 amide bonds. The number of aliphatic hydroxyl groups is 1. The minimum absolute atomic E-state index is 0.00631. The lowest BCUT2D eigenvalue weighted by Crippen LogP contribution is -2.47. The predicted octanol–water partition coefficient (Wildman–Crippen LogP) is 2.10. The largest absolute Gasteiger partial charge is 0.395 e. The van der Waals surface area contributed by atoms with Crippen LogP contribution >= 0.6 is 11.8 Å². The minimum atomic E-state index is -0.586. The number of ketones is 1. The van der Waals surface area contributed by atoms with Gasteiger partial charge in [-0.2, -0.15) is 0 Å². The van der Waals surface area contributed by atoms with Crippen LogP contribution in [0.15, 0.2) is 23.1 Å². The van der Waals surface area contributed by atoms with Crippen molar-refractivity contribution < 1.29 is 14.7 Å². The number of anilines is 1. The van der Waals surface area contributed by atoms with Gasteiger partial charge in [0, 0.05) is 17.0 Å². The number of amides is 1. The van der Waals surface area contributed by atoms with Crippen LogP contribution in [0.3, 0.4) is 0 Å². The molecule has 0 saturated carbocycles. The van der Waals surface area contributed by atoms with Crippen LogP contribution in [0.2, 0.25) is 0 Å². The van der Waals surface area contributed by atoms with Gasteiger partial charge in [0.1, 0.15) is 0 Å². The number of carbonyl (C=O) groups excluding carboxylic acids is 2. The Morgan fingerprint density at radius 1 is 1.42 bits per heavy atom. The zero-order valence-electron chi connectivity index (χ0n) is 11.3. The molecule has 0 saturated heterocycles. The van der Waals surface area contributed by atoms with Crippen molar-refractivity contribution in [3.05, 3.63) is 23.8 Å². The van der Waals surface area contributed by atoms with Crippen molar-refractivity contribution in [2.75, 3.05) is 18.1 Å². The highest BCUT2D eigenvalue weighted by atomic mass is 32.2. The van der Waals surface area contributed by atoms with Gasteiger partial charge in [-0.15, -0.1) is 11.8 Å². The van der Waals surface area contributed by atoms with E-state index in [4.69, 9.17) is 5.11 Å². The quantitative estimate of drug-likeness (QED) is 0.861. The molecule has 0 unspecified atom stereocenters. The van der Waals surface area contributed by atoms with Crippen LogP contribution in [0.4, 0.5) is 5.69 Å². The number of aliphatic hydroxyl groups excluding tert-OH is 1. The van der Waals surface area contributed by atoms with Crippen LogP contribution in [0.5, 0.6) is 0 Å². The van der Waals surface area contributed by atoms with Gasteiger partial charge in [0.2, 0.25) is 5.91 Å². The second kappa shape index (κ2) is 4.98. The first-order valence-electron chi connectivity index (χ1n) is 6.13. The van der Waals surface area contributed by atoms with Crippen molar-refractivity contribution in [1.29, 1.82) is 0 Å². The number of fused-ring (bicyclic) bond motifs is 1. The molecule has 1 aliphatic rings. The average molecular weight is 279 g/mol. The fourth-order valence-electron chi connectivity index (χ4n) is 2.11. The van der Waals surface area contributed by atoms with Gasteiger partial charge < -0.3 is 10.0 Å². The third-order valence-electron chi connectivity index (χ3n) is 3.11. The van der Waals surface area contributed by atoms with E-state index >= 15 is 0 Å². The first-order chi connectivity index (χ1) is 8.86. The van der Waals surface area contributed by atoms with Crippen LogP contribution in [-0.4, -0.2) is 34.7 Å². The normalized spacial score (nSPS) is 17.3. The number of hydrogen-bond donors (Lipinski definition) is 1. The second-order valence-electron chi connectivity index (χ2n) is 5.03. The first kappa shape index (κ1) is 14.1. The van der Waals surface area contributed by atoms with Crippen LogP contribution in [-0.2, 0) is 4.79 Å². The van der Waals surface area contributed by atoms with Gasteiger partial charge in [-0.1, -0.05) is 0 Å². The number of nitrogens with zero attached hydrogens (tertiary/aromatic N) is 1. The van der Waals surface area contributed by atoms with Crippen molar-refractivity contribution in [2.45, 2.75) is 30.4 Å². The predicted molar refractivity (Wildman–Crippen MR) is 75.8 cm³/mol. The zero-order chi connectivity index (χ0) is 14.2. The molecular weight excluding hydrogens is 262 g/mol. The third-order valence-corrected chi connectivity index (χ3v) is 4.34. The van der Waals surface area contributed by atoms with Crippen LogP contribution in [0.25, 0.3) is 0 Å². The van der Waals surface area contributed by atoms with Gasteiger partial charge in [-0.05, 0) is 39.0 Å². The molecule has 19 heavy (non-hydrogen) atoms. The number of thioether (sulfide) groups is 1. The van der Waals surface area contributed by atoms with Crippen LogP contribution in [0.1, 0.15) is 31.1 Å². The third kappa shape index (κ3) is 2.53. The Bertz CT molecular complexity index is 539. The molecule has 0 fully saturated rings. The molecule has 1 heterocycles. The topological polar surface area (TPSA) is 57.6 Å². The molecule has 0 bridgehead atoms. The maximum atomic E-state index is 12.3. The molecule has 4 nitrogen and oxygen atoms in total. The van der Waals surface area contributed by atoms with Crippen molar-refractivity contribution in [3.8, 4) is 0 Å². The number of rotatable bonds is 3. The van der Waals surface area contributed by atoms with Gasteiger partial charge in [0.05, 0.1) is 17.0 Å². The first-order valence-corrected chi connectivity index (χ1v) is 6.95. The Labute approximate surface area is 116 Å². The molecule has 1 N–H and O–H groups in total. The maximum Gasteiger partial charge on any atom is 0.243 e. The molecule has 1 aromatic carbocycles. The second-order valence-corrected chi connectivity index (χ2v) is 6.70. The van der Waals surface area contributed by atoms with E-state index in [1.165, 1.54) is 18.7 Å². The SMILES string of the molecule is CC(=O)c1ccc2c(c1)SC(C)(C)C(=O)N2CCO. The van der Waals surface area contributed by atoms with E-state index in [1.807, 2.05) is 19.9 Å². The van der Waals surface area contributed by atoms with E-state index in [-0.39, 0.29) is 24.8 Å². The summed E-state index contributed by atoms with van der Waals surface area (Å²) in [7, 11) is 0. The van der Waals surface area contributed by atoms with E-state index in [9.17, 15) is 9.59 Å². The number of carbonyl (C=O) groups is 2. The van der Waals surface area contributed by atoms with Gasteiger partial charge in [0.25, 0.3) is 0 Å². The molecule has 0 aromatic heterocycles. The molecule has 102 valence electrons. The van der Waals surface area contributed by atoms with E-state index in [1.54, 1.807) is 17.0 Å². The molecule has 2 rings (SSSR count). The summed E-state index contributed by atoms with van der Waals surface area (Å²) in [6.45, 7) is 5.42. The number of benzene rings is 1. The number of Topliss-reactive ketones (excluding diaryl/α,β-unsaturated/α-hetero) is 1. The summed E-state index contributed by atoms with van der Waals surface area (Å²) in [5.74, 6) is -0.0126. The van der Waals surface area contributed by atoms with Crippen molar-refractivity contribution in [3.63, 3.8) is 0 Å². The van der Waals surface area contributed by atoms with Gasteiger partial charge in [-0.3, -0.25) is 9.59 Å². The Morgan fingerprint density at radius 3 is 2.68 bits per heavy atom. The van der Waals surface area contributed by atoms with E-state index in [2.05, 4.69) is 0 Å². The maximum absolute atomic E-state index is 12.3. The Balaban J connectivity index is 2.52. The van der Waals surface area contributed by atoms with Crippen molar-refractivity contribution in [2.24, 2.45) is 0 Å². The average Bonchev–Trinajstić information content (AvgIpc) is 2.33. The highest BCUT2D eigenvalue weighted by Gasteiger charge is 2.39. The standard InChI is InChI=1S/C14H17NO3S/c1-9(17)10-4-5-11-12(8-10)19-14(2,3)13(18)15(11)6-7-16/h4-5,8,16H,6-7H2,1-3H3. The Hall–Kier alpha value is -1.33. The highest BCUT2D eigenvalue weighted by molar-refractivity contribution is 8.01. The van der Waals surface area contributed by atoms with Crippen molar-refractivity contribution in [1.82, 2.24) is 0 Å². The molecule has 0 spiro atoms. The minimum Gasteiger partial charge on any atom is -0.395 e. The summed E-state index contributed by atoms with van der Waals surface area (Å²) < 4.78 is -0.586. The molecular formula is C14H17NO3S. The summed E-state index contributed by atoms with van der Waals surface area (Å²) in [4.78, 5) is 26.3. The molecule has 5 heteroatoms. The molecule has 0 atom stereocenters. The van der Waals surface area contributed by atoms with Crippen LogP contribution in [0, 0.1) is 0 Å². The summed E-state index contributed by atoms with van der Waals surface area (Å²) >= 11 is 1.46. The smallest absolute Gasteiger partial charge is 0.243 e. The summed E-state index contributed by atoms with van der Waals surface area (Å²) in [6, 6.07) is 5.32. The molecule has 0 radical (unpaired) electrons. The lowest BCUT2D eigenvalue weighted by molar-refractivity contribution is -0.120. The summed E-state index contributed by atoms with van der Waals surface area (Å²) in [6.07, 6.45) is 0. The van der Waals surface area contributed by atoms with Gasteiger partial charge in [0.15, 0.2) is 5.78 Å². The monoisotopic (exact) mass is 279 g/mol. The lowest BCUT2D eigenvalue weighted by atomic mass is 10.1. The van der Waals surface area contributed by atoms with Gasteiger partial charge in [-0.25, -0.2) is 0 Å². The Morgan fingerprint density at radius 2 is 2.11 bits per heavy atom. The fourth-order valence-corrected chi connectivity index (χ4v) is 3.33. The van der Waals surface area contributed by atoms with E-state index in [0.29, 0.717) is 5.56 Å². The molecule has 0 aliphatic carbocycles. The Kier molecular flexibility index (Phi) is 3.69. The molecule has 1 aliphatic heterocycles. The summed E-state index contributed by atoms with van der Waals surface area (Å²) in [5, 5.41) is 9.12. The number of β-amino-alcohol motifs (C(OH)–C–C–N with tert-alkyl or cyclic N) is 1. The molecule has 1 aromatic rings. The summed E-state index contributed by atoms with van der Waals surface area (Å²) in [5.41, 5.74) is 1.41. The number of hydrogen-bond acceptors (Lipinski definition) is 4. The van der Waals surface area contributed by atoms with Crippen molar-refractivity contribution >= 4 is 29.1 Å². The van der Waals surface area contributed by atoms with E-state index in [0.717, 1.165) is 10.6 Å². The fraction of sp³-hybridized carbons (Fsp3) is 0.429. The van der Waals surface area contributed by atoms with Crippen LogP contribution < -0.4 is 4.90 Å².